The normalized spacial score (nSPS) is 11.8. The van der Waals surface area contributed by atoms with Crippen molar-refractivity contribution in [2.24, 2.45) is 0 Å². The lowest BCUT2D eigenvalue weighted by molar-refractivity contribution is 1.33. The predicted molar refractivity (Wildman–Crippen MR) is 282 cm³/mol. The van der Waals surface area contributed by atoms with E-state index in [4.69, 9.17) is 0 Å². The fourth-order valence-corrected chi connectivity index (χ4v) is 13.3. The molecule has 0 N–H and O–H groups in total. The number of nitrogens with zero attached hydrogens (tertiary/aromatic N) is 1. The summed E-state index contributed by atoms with van der Waals surface area (Å²) >= 11 is 5.67. The first-order valence-electron chi connectivity index (χ1n) is 21.6. The number of rotatable bonds is 7. The Kier molecular flexibility index (Phi) is 8.83. The summed E-state index contributed by atoms with van der Waals surface area (Å²) in [5.41, 5.74) is 13.3. The Balaban J connectivity index is 1.15. The van der Waals surface area contributed by atoms with E-state index >= 15 is 0 Å². The van der Waals surface area contributed by atoms with Gasteiger partial charge in [-0.2, -0.15) is 0 Å². The van der Waals surface area contributed by atoms with Crippen LogP contribution in [0.25, 0.3) is 105 Å². The van der Waals surface area contributed by atoms with E-state index in [1.807, 2.05) is 34.0 Å². The van der Waals surface area contributed by atoms with Crippen LogP contribution in [-0.2, 0) is 0 Å². The van der Waals surface area contributed by atoms with E-state index in [1.165, 1.54) is 116 Å². The maximum Gasteiger partial charge on any atom is 0.0561 e. The van der Waals surface area contributed by atoms with Gasteiger partial charge in [-0.15, -0.1) is 34.0 Å². The first kappa shape index (κ1) is 37.2. The van der Waals surface area contributed by atoms with Gasteiger partial charge in [-0.25, -0.2) is 0 Å². The van der Waals surface area contributed by atoms with Crippen LogP contribution >= 0.6 is 34.0 Å². The van der Waals surface area contributed by atoms with Gasteiger partial charge >= 0.3 is 0 Å². The second-order valence-corrected chi connectivity index (χ2v) is 19.6. The molecule has 1 nitrogen and oxygen atoms in total. The summed E-state index contributed by atoms with van der Waals surface area (Å²) in [5, 5.41) is 7.66. The predicted octanol–water partition coefficient (Wildman–Crippen LogP) is 18.9. The Labute approximate surface area is 383 Å². The van der Waals surface area contributed by atoms with Crippen LogP contribution in [0.3, 0.4) is 0 Å². The molecule has 3 heterocycles. The van der Waals surface area contributed by atoms with Crippen molar-refractivity contribution >= 4 is 112 Å². The molecule has 0 unspecified atom stereocenters. The molecule has 0 aliphatic rings. The first-order chi connectivity index (χ1) is 31.7. The number of anilines is 3. The van der Waals surface area contributed by atoms with Crippen LogP contribution in [0.5, 0.6) is 0 Å². The largest absolute Gasteiger partial charge is 0.309 e. The standard InChI is InChI=1S/C60H37NS3/c1-5-15-38(16-6-1)42-25-28-49-54(34-42)63-57-36-44(40-19-9-3-10-20-40)33-52(58(49)57)61(45-27-30-48-47-23-13-14-24-53(47)62-56(48)37-45)51-32-31-46(41-21-11-4-12-22-41)60-59(51)50-29-26-43(35-55(50)64-60)39-17-7-2-8-18-39/h1-37H. The molecule has 0 amide bonds. The quantitative estimate of drug-likeness (QED) is 0.154. The Morgan fingerprint density at radius 3 is 1.44 bits per heavy atom. The van der Waals surface area contributed by atoms with Gasteiger partial charge in [0.15, 0.2) is 0 Å². The van der Waals surface area contributed by atoms with Crippen LogP contribution in [0.4, 0.5) is 17.1 Å². The molecule has 0 fully saturated rings. The number of thiophene rings is 3. The molecule has 13 rings (SSSR count). The lowest BCUT2D eigenvalue weighted by atomic mass is 9.97. The minimum Gasteiger partial charge on any atom is -0.309 e. The molecule has 0 spiro atoms. The topological polar surface area (TPSA) is 3.24 Å². The van der Waals surface area contributed by atoms with E-state index in [0.717, 1.165) is 5.69 Å². The lowest BCUT2D eigenvalue weighted by Gasteiger charge is -2.28. The van der Waals surface area contributed by atoms with Gasteiger partial charge in [-0.05, 0) is 93.0 Å². The third-order valence-corrected chi connectivity index (χ3v) is 16.1. The van der Waals surface area contributed by atoms with Crippen LogP contribution < -0.4 is 4.90 Å². The maximum atomic E-state index is 2.59. The van der Waals surface area contributed by atoms with Crippen molar-refractivity contribution in [3.05, 3.63) is 224 Å². The number of hydrogen-bond donors (Lipinski definition) is 0. The summed E-state index contributed by atoms with van der Waals surface area (Å²) in [6.07, 6.45) is 0. The van der Waals surface area contributed by atoms with Gasteiger partial charge in [0.05, 0.1) is 11.4 Å². The summed E-state index contributed by atoms with van der Waals surface area (Å²) in [7, 11) is 0. The van der Waals surface area contributed by atoms with E-state index in [1.54, 1.807) is 0 Å². The molecule has 13 aromatic rings. The van der Waals surface area contributed by atoms with Crippen LogP contribution in [0.15, 0.2) is 224 Å². The van der Waals surface area contributed by atoms with Crippen molar-refractivity contribution in [3.63, 3.8) is 0 Å². The molecule has 4 heteroatoms. The summed E-state index contributed by atoms with van der Waals surface area (Å²) in [6, 6.07) is 83.0. The second-order valence-electron chi connectivity index (χ2n) is 16.4. The van der Waals surface area contributed by atoms with Crippen LogP contribution in [0.2, 0.25) is 0 Å². The monoisotopic (exact) mass is 867 g/mol. The molecule has 0 atom stereocenters. The molecule has 3 aromatic heterocycles. The van der Waals surface area contributed by atoms with Crippen LogP contribution in [-0.4, -0.2) is 0 Å². The zero-order valence-electron chi connectivity index (χ0n) is 34.5. The van der Waals surface area contributed by atoms with Crippen molar-refractivity contribution in [1.82, 2.24) is 0 Å². The summed E-state index contributed by atoms with van der Waals surface area (Å²) in [5.74, 6) is 0. The Morgan fingerprint density at radius 1 is 0.266 bits per heavy atom. The van der Waals surface area contributed by atoms with Crippen molar-refractivity contribution in [3.8, 4) is 44.5 Å². The third kappa shape index (κ3) is 6.17. The van der Waals surface area contributed by atoms with E-state index in [-0.39, 0.29) is 0 Å². The third-order valence-electron chi connectivity index (χ3n) is 12.7. The molecule has 64 heavy (non-hydrogen) atoms. The average molecular weight is 868 g/mol. The van der Waals surface area contributed by atoms with Crippen molar-refractivity contribution in [2.45, 2.75) is 0 Å². The number of hydrogen-bond acceptors (Lipinski definition) is 4. The van der Waals surface area contributed by atoms with Gasteiger partial charge in [0.25, 0.3) is 0 Å². The smallest absolute Gasteiger partial charge is 0.0561 e. The average Bonchev–Trinajstić information content (AvgIpc) is 4.06. The molecule has 0 bridgehead atoms. The molecule has 10 aromatic carbocycles. The molecule has 300 valence electrons. The zero-order chi connectivity index (χ0) is 42.1. The number of fused-ring (bicyclic) bond motifs is 9. The van der Waals surface area contributed by atoms with Gasteiger partial charge in [-0.3, -0.25) is 0 Å². The highest BCUT2D eigenvalue weighted by Gasteiger charge is 2.26. The zero-order valence-corrected chi connectivity index (χ0v) is 37.0. The SMILES string of the molecule is c1ccc(-c2ccc3c(c2)sc2cc(-c4ccccc4)cc(N(c4ccc5c(c4)sc4ccccc45)c4ccc(-c5ccccc5)c5sc6cc(-c7ccccc7)ccc6c45)c23)cc1. The second kappa shape index (κ2) is 15.2. The maximum absolute atomic E-state index is 2.59. The molecular weight excluding hydrogens is 831 g/mol. The van der Waals surface area contributed by atoms with Crippen molar-refractivity contribution in [1.29, 1.82) is 0 Å². The van der Waals surface area contributed by atoms with Crippen molar-refractivity contribution < 1.29 is 0 Å². The number of benzene rings is 10. The van der Waals surface area contributed by atoms with Gasteiger partial charge in [0.2, 0.25) is 0 Å². The summed E-state index contributed by atoms with van der Waals surface area (Å²) < 4.78 is 7.70. The highest BCUT2D eigenvalue weighted by Crippen LogP contribution is 2.53. The fourth-order valence-electron chi connectivity index (χ4n) is 9.63. The molecule has 0 aliphatic carbocycles. The fraction of sp³-hybridized carbons (Fsp3) is 0. The van der Waals surface area contributed by atoms with E-state index in [2.05, 4.69) is 229 Å². The summed E-state index contributed by atoms with van der Waals surface area (Å²) in [4.78, 5) is 2.59. The van der Waals surface area contributed by atoms with E-state index in [0.29, 0.717) is 0 Å². The summed E-state index contributed by atoms with van der Waals surface area (Å²) in [6.45, 7) is 0. The Morgan fingerprint density at radius 2 is 0.766 bits per heavy atom. The molecule has 0 aliphatic heterocycles. The van der Waals surface area contributed by atoms with Gasteiger partial charge in [-0.1, -0.05) is 176 Å². The van der Waals surface area contributed by atoms with Crippen LogP contribution in [0.1, 0.15) is 0 Å². The molecule has 0 radical (unpaired) electrons. The molecule has 0 saturated carbocycles. The first-order valence-corrected chi connectivity index (χ1v) is 24.1. The Bertz CT molecular complexity index is 3880. The Hall–Kier alpha value is -7.34. The van der Waals surface area contributed by atoms with Crippen molar-refractivity contribution in [2.75, 3.05) is 4.90 Å². The highest BCUT2D eigenvalue weighted by atomic mass is 32.1. The minimum absolute atomic E-state index is 1.14. The lowest BCUT2D eigenvalue weighted by Crippen LogP contribution is -2.11. The molecule has 0 saturated heterocycles. The van der Waals surface area contributed by atoms with Gasteiger partial charge < -0.3 is 4.90 Å². The van der Waals surface area contributed by atoms with Crippen LogP contribution in [0, 0.1) is 0 Å². The highest BCUT2D eigenvalue weighted by molar-refractivity contribution is 7.27. The minimum atomic E-state index is 1.14. The van der Waals surface area contributed by atoms with Gasteiger partial charge in [0.1, 0.15) is 0 Å². The molecular formula is C60H37NS3. The van der Waals surface area contributed by atoms with Gasteiger partial charge in [0, 0.05) is 66.2 Å². The van der Waals surface area contributed by atoms with E-state index < -0.39 is 0 Å². The van der Waals surface area contributed by atoms with E-state index in [9.17, 15) is 0 Å².